The van der Waals surface area contributed by atoms with Gasteiger partial charge < -0.3 is 4.74 Å². The van der Waals surface area contributed by atoms with Gasteiger partial charge >= 0.3 is 0 Å². The van der Waals surface area contributed by atoms with Crippen molar-refractivity contribution >= 4 is 5.91 Å². The maximum absolute atomic E-state index is 11.2. The highest BCUT2D eigenvalue weighted by Crippen LogP contribution is 2.15. The average molecular weight is 158 g/mol. The van der Waals surface area contributed by atoms with E-state index in [0.717, 1.165) is 17.9 Å². The third-order valence-corrected chi connectivity index (χ3v) is 1.92. The zero-order valence-corrected chi connectivity index (χ0v) is 6.75. The van der Waals surface area contributed by atoms with E-state index >= 15 is 0 Å². The lowest BCUT2D eigenvalue weighted by molar-refractivity contribution is -0.137. The van der Waals surface area contributed by atoms with Gasteiger partial charge in [0.15, 0.2) is 0 Å². The molecule has 4 nitrogen and oxygen atoms in total. The summed E-state index contributed by atoms with van der Waals surface area (Å²) >= 11 is 0. The molecule has 1 rings (SSSR count). The highest BCUT2D eigenvalue weighted by molar-refractivity contribution is 5.77. The van der Waals surface area contributed by atoms with Gasteiger partial charge in [0, 0.05) is 26.2 Å². The molecule has 2 N–H and O–H groups in total. The molecular weight excluding hydrogens is 144 g/mol. The van der Waals surface area contributed by atoms with Crippen molar-refractivity contribution in [2.24, 2.45) is 11.8 Å². The first kappa shape index (κ1) is 8.49. The van der Waals surface area contributed by atoms with Gasteiger partial charge in [-0.3, -0.25) is 9.80 Å². The Balaban J connectivity index is 2.39. The minimum Gasteiger partial charge on any atom is -0.381 e. The Morgan fingerprint density at radius 1 is 1.55 bits per heavy atom. The van der Waals surface area contributed by atoms with Gasteiger partial charge in [-0.15, -0.1) is 0 Å². The van der Waals surface area contributed by atoms with Crippen LogP contribution in [0, 0.1) is 5.92 Å². The van der Waals surface area contributed by atoms with E-state index in [2.05, 4.69) is 0 Å². The molecule has 1 aliphatic rings. The minimum atomic E-state index is 0.0216. The van der Waals surface area contributed by atoms with E-state index in [1.54, 1.807) is 7.05 Å². The number of hydrogen-bond acceptors (Lipinski definition) is 3. The average Bonchev–Trinajstić information content (AvgIpc) is 2.05. The molecule has 1 heterocycles. The lowest BCUT2D eigenvalue weighted by atomic mass is 9.99. The van der Waals surface area contributed by atoms with Gasteiger partial charge in [0.1, 0.15) is 0 Å². The number of ether oxygens (including phenoxy) is 1. The van der Waals surface area contributed by atoms with Crippen molar-refractivity contribution in [3.63, 3.8) is 0 Å². The molecule has 0 saturated carbocycles. The van der Waals surface area contributed by atoms with Crippen molar-refractivity contribution in [3.05, 3.63) is 0 Å². The van der Waals surface area contributed by atoms with Crippen molar-refractivity contribution in [1.29, 1.82) is 0 Å². The molecule has 0 atom stereocenters. The van der Waals surface area contributed by atoms with E-state index in [1.165, 1.54) is 0 Å². The largest absolute Gasteiger partial charge is 0.381 e. The molecule has 1 amide bonds. The maximum Gasteiger partial charge on any atom is 0.239 e. The van der Waals surface area contributed by atoms with Crippen LogP contribution in [0.3, 0.4) is 0 Å². The SMILES string of the molecule is CN(N)C(=O)C1CCOCC1. The van der Waals surface area contributed by atoms with Crippen molar-refractivity contribution < 1.29 is 9.53 Å². The van der Waals surface area contributed by atoms with Crippen LogP contribution in [0.4, 0.5) is 0 Å². The van der Waals surface area contributed by atoms with Gasteiger partial charge in [-0.25, -0.2) is 5.84 Å². The van der Waals surface area contributed by atoms with Gasteiger partial charge in [-0.1, -0.05) is 0 Å². The van der Waals surface area contributed by atoms with Crippen molar-refractivity contribution in [2.45, 2.75) is 12.8 Å². The molecule has 11 heavy (non-hydrogen) atoms. The Bertz CT molecular complexity index is 141. The molecule has 0 aromatic heterocycles. The molecule has 1 fully saturated rings. The molecule has 1 saturated heterocycles. The summed E-state index contributed by atoms with van der Waals surface area (Å²) in [5.41, 5.74) is 0. The number of carbonyl (C=O) groups is 1. The van der Waals surface area contributed by atoms with Gasteiger partial charge in [-0.2, -0.15) is 0 Å². The normalized spacial score (nSPS) is 19.8. The number of nitrogens with two attached hydrogens (primary N) is 1. The van der Waals surface area contributed by atoms with E-state index in [1.807, 2.05) is 0 Å². The van der Waals surface area contributed by atoms with Gasteiger partial charge in [0.05, 0.1) is 0 Å². The second-order valence-corrected chi connectivity index (χ2v) is 2.84. The Morgan fingerprint density at radius 3 is 2.55 bits per heavy atom. The first-order valence-electron chi connectivity index (χ1n) is 3.82. The Hall–Kier alpha value is -0.610. The lowest BCUT2D eigenvalue weighted by Crippen LogP contribution is -2.40. The van der Waals surface area contributed by atoms with Crippen LogP contribution in [-0.2, 0) is 9.53 Å². The Morgan fingerprint density at radius 2 is 2.09 bits per heavy atom. The summed E-state index contributed by atoms with van der Waals surface area (Å²) in [6, 6.07) is 0. The summed E-state index contributed by atoms with van der Waals surface area (Å²) in [6.07, 6.45) is 1.61. The van der Waals surface area contributed by atoms with Gasteiger partial charge in [0.25, 0.3) is 0 Å². The summed E-state index contributed by atoms with van der Waals surface area (Å²) in [5.74, 6) is 5.41. The second kappa shape index (κ2) is 3.69. The minimum absolute atomic E-state index is 0.0216. The molecule has 4 heteroatoms. The first-order chi connectivity index (χ1) is 5.22. The van der Waals surface area contributed by atoms with Gasteiger partial charge in [-0.05, 0) is 12.8 Å². The third kappa shape index (κ3) is 2.17. The predicted octanol–water partition coefficient (Wildman–Crippen LogP) is -0.255. The van der Waals surface area contributed by atoms with E-state index in [0.29, 0.717) is 13.2 Å². The molecule has 0 spiro atoms. The highest BCUT2D eigenvalue weighted by Gasteiger charge is 2.22. The van der Waals surface area contributed by atoms with E-state index < -0.39 is 0 Å². The van der Waals surface area contributed by atoms with E-state index in [9.17, 15) is 4.79 Å². The number of amides is 1. The fourth-order valence-electron chi connectivity index (χ4n) is 1.23. The number of hydrogen-bond donors (Lipinski definition) is 1. The monoisotopic (exact) mass is 158 g/mol. The van der Waals surface area contributed by atoms with Crippen LogP contribution in [0.2, 0.25) is 0 Å². The van der Waals surface area contributed by atoms with Crippen molar-refractivity contribution in [3.8, 4) is 0 Å². The summed E-state index contributed by atoms with van der Waals surface area (Å²) in [7, 11) is 1.58. The summed E-state index contributed by atoms with van der Waals surface area (Å²) in [4.78, 5) is 11.2. The quantitative estimate of drug-likeness (QED) is 0.325. The number of nitrogens with zero attached hydrogens (tertiary/aromatic N) is 1. The summed E-state index contributed by atoms with van der Waals surface area (Å²) < 4.78 is 5.12. The van der Waals surface area contributed by atoms with Crippen LogP contribution >= 0.6 is 0 Å². The van der Waals surface area contributed by atoms with Crippen LogP contribution in [0.5, 0.6) is 0 Å². The molecule has 0 radical (unpaired) electrons. The molecule has 0 unspecified atom stereocenters. The van der Waals surface area contributed by atoms with Crippen LogP contribution in [0.25, 0.3) is 0 Å². The zero-order chi connectivity index (χ0) is 8.27. The first-order valence-corrected chi connectivity index (χ1v) is 3.82. The number of carbonyl (C=O) groups excluding carboxylic acids is 1. The number of hydrazine groups is 1. The van der Waals surface area contributed by atoms with Gasteiger partial charge in [0.2, 0.25) is 5.91 Å². The van der Waals surface area contributed by atoms with E-state index in [-0.39, 0.29) is 11.8 Å². The van der Waals surface area contributed by atoms with E-state index in [4.69, 9.17) is 10.6 Å². The van der Waals surface area contributed by atoms with Crippen LogP contribution in [0.15, 0.2) is 0 Å². The third-order valence-electron chi connectivity index (χ3n) is 1.92. The molecule has 0 aliphatic carbocycles. The molecule has 0 bridgehead atoms. The lowest BCUT2D eigenvalue weighted by Gasteiger charge is -2.23. The van der Waals surface area contributed by atoms with Crippen LogP contribution < -0.4 is 5.84 Å². The maximum atomic E-state index is 11.2. The van der Waals surface area contributed by atoms with Crippen molar-refractivity contribution in [1.82, 2.24) is 5.01 Å². The molecule has 64 valence electrons. The summed E-state index contributed by atoms with van der Waals surface area (Å²) in [6.45, 7) is 1.37. The smallest absolute Gasteiger partial charge is 0.239 e. The van der Waals surface area contributed by atoms with Crippen LogP contribution in [-0.4, -0.2) is 31.2 Å². The molecule has 0 aromatic carbocycles. The predicted molar refractivity (Wildman–Crippen MR) is 40.5 cm³/mol. The Labute approximate surface area is 66.3 Å². The fraction of sp³-hybridized carbons (Fsp3) is 0.857. The molecule has 0 aromatic rings. The summed E-state index contributed by atoms with van der Waals surface area (Å²) in [5, 5.41) is 1.16. The zero-order valence-electron chi connectivity index (χ0n) is 6.75. The second-order valence-electron chi connectivity index (χ2n) is 2.84. The standard InChI is InChI=1S/C7H14N2O2/c1-9(8)7(10)6-2-4-11-5-3-6/h6H,2-5,8H2,1H3. The number of rotatable bonds is 1. The topological polar surface area (TPSA) is 55.6 Å². The highest BCUT2D eigenvalue weighted by atomic mass is 16.5. The fourth-order valence-corrected chi connectivity index (χ4v) is 1.23. The Kier molecular flexibility index (Phi) is 2.84. The van der Waals surface area contributed by atoms with Crippen molar-refractivity contribution in [2.75, 3.05) is 20.3 Å². The molecule has 1 aliphatic heterocycles. The van der Waals surface area contributed by atoms with Crippen LogP contribution in [0.1, 0.15) is 12.8 Å². The molecular formula is C7H14N2O2.